The number of nitrogens with one attached hydrogen (secondary N) is 1. The number of amides is 1. The van der Waals surface area contributed by atoms with Gasteiger partial charge in [0.15, 0.2) is 0 Å². The van der Waals surface area contributed by atoms with Crippen LogP contribution in [0, 0.1) is 5.82 Å². The SMILES string of the molecule is CCN(CCC(=O)Nc1ccccc1F)C1CCN(C(C)c2ccccc2)C1. The monoisotopic (exact) mass is 383 g/mol. The van der Waals surface area contributed by atoms with E-state index >= 15 is 0 Å². The molecule has 2 atom stereocenters. The third-order valence-corrected chi connectivity index (χ3v) is 5.72. The molecule has 5 heteroatoms. The second-order valence-corrected chi connectivity index (χ2v) is 7.43. The van der Waals surface area contributed by atoms with E-state index in [0.717, 1.165) is 26.1 Å². The van der Waals surface area contributed by atoms with Crippen molar-refractivity contribution in [2.75, 3.05) is 31.5 Å². The Morgan fingerprint density at radius 2 is 1.93 bits per heavy atom. The van der Waals surface area contributed by atoms with Gasteiger partial charge in [0, 0.05) is 38.1 Å². The number of rotatable bonds is 8. The summed E-state index contributed by atoms with van der Waals surface area (Å²) in [6.45, 7) is 8.08. The van der Waals surface area contributed by atoms with Gasteiger partial charge in [0.2, 0.25) is 5.91 Å². The topological polar surface area (TPSA) is 35.6 Å². The minimum absolute atomic E-state index is 0.143. The summed E-state index contributed by atoms with van der Waals surface area (Å²) in [5.74, 6) is -0.541. The molecule has 1 amide bonds. The summed E-state index contributed by atoms with van der Waals surface area (Å²) in [4.78, 5) is 17.1. The highest BCUT2D eigenvalue weighted by molar-refractivity contribution is 5.90. The lowest BCUT2D eigenvalue weighted by Crippen LogP contribution is -2.39. The van der Waals surface area contributed by atoms with Crippen molar-refractivity contribution in [3.05, 3.63) is 66.0 Å². The molecule has 28 heavy (non-hydrogen) atoms. The molecule has 3 rings (SSSR count). The minimum atomic E-state index is -0.399. The first-order chi connectivity index (χ1) is 13.6. The summed E-state index contributed by atoms with van der Waals surface area (Å²) in [7, 11) is 0. The van der Waals surface area contributed by atoms with Gasteiger partial charge >= 0.3 is 0 Å². The number of nitrogens with zero attached hydrogens (tertiary/aromatic N) is 2. The number of likely N-dealkylation sites (N-methyl/N-ethyl adjacent to an activating group) is 1. The van der Waals surface area contributed by atoms with Crippen LogP contribution in [-0.4, -0.2) is 47.9 Å². The van der Waals surface area contributed by atoms with Crippen LogP contribution in [0.4, 0.5) is 10.1 Å². The van der Waals surface area contributed by atoms with Crippen molar-refractivity contribution in [2.45, 2.75) is 38.8 Å². The smallest absolute Gasteiger partial charge is 0.225 e. The molecular weight excluding hydrogens is 353 g/mol. The van der Waals surface area contributed by atoms with Gasteiger partial charge in [-0.3, -0.25) is 14.6 Å². The maximum Gasteiger partial charge on any atom is 0.225 e. The molecule has 150 valence electrons. The zero-order valence-electron chi connectivity index (χ0n) is 16.8. The van der Waals surface area contributed by atoms with Crippen LogP contribution in [0.3, 0.4) is 0 Å². The van der Waals surface area contributed by atoms with Crippen molar-refractivity contribution in [3.63, 3.8) is 0 Å². The largest absolute Gasteiger partial charge is 0.324 e. The van der Waals surface area contributed by atoms with Gasteiger partial charge in [-0.25, -0.2) is 4.39 Å². The first-order valence-electron chi connectivity index (χ1n) is 10.2. The molecule has 1 N–H and O–H groups in total. The average Bonchev–Trinajstić information content (AvgIpc) is 3.20. The van der Waals surface area contributed by atoms with Crippen LogP contribution in [0.2, 0.25) is 0 Å². The Morgan fingerprint density at radius 3 is 2.64 bits per heavy atom. The molecule has 2 unspecified atom stereocenters. The van der Waals surface area contributed by atoms with Gasteiger partial charge in [-0.1, -0.05) is 49.4 Å². The molecule has 1 fully saturated rings. The Kier molecular flexibility index (Phi) is 7.18. The number of para-hydroxylation sites is 1. The standard InChI is InChI=1S/C23H30FN3O/c1-3-26(16-14-23(28)25-22-12-8-7-11-21(22)24)20-13-15-27(17-20)18(2)19-9-5-4-6-10-19/h4-12,18,20H,3,13-17H2,1-2H3,(H,25,28). The third-order valence-electron chi connectivity index (χ3n) is 5.72. The maximum atomic E-state index is 13.7. The Balaban J connectivity index is 1.50. The molecule has 0 aliphatic carbocycles. The third kappa shape index (κ3) is 5.18. The summed E-state index contributed by atoms with van der Waals surface area (Å²) in [5.41, 5.74) is 1.59. The van der Waals surface area contributed by atoms with Crippen LogP contribution >= 0.6 is 0 Å². The molecule has 0 spiro atoms. The van der Waals surface area contributed by atoms with Crippen LogP contribution in [0.15, 0.2) is 54.6 Å². The van der Waals surface area contributed by atoms with Gasteiger partial charge in [0.25, 0.3) is 0 Å². The van der Waals surface area contributed by atoms with Crippen molar-refractivity contribution in [3.8, 4) is 0 Å². The average molecular weight is 384 g/mol. The van der Waals surface area contributed by atoms with Crippen LogP contribution < -0.4 is 5.32 Å². The van der Waals surface area contributed by atoms with E-state index in [1.807, 2.05) is 6.07 Å². The lowest BCUT2D eigenvalue weighted by atomic mass is 10.1. The van der Waals surface area contributed by atoms with E-state index in [1.165, 1.54) is 11.6 Å². The Morgan fingerprint density at radius 1 is 1.21 bits per heavy atom. The number of hydrogen-bond donors (Lipinski definition) is 1. The van der Waals surface area contributed by atoms with Crippen molar-refractivity contribution < 1.29 is 9.18 Å². The van der Waals surface area contributed by atoms with E-state index in [4.69, 9.17) is 0 Å². The quantitative estimate of drug-likeness (QED) is 0.738. The van der Waals surface area contributed by atoms with Crippen molar-refractivity contribution in [2.24, 2.45) is 0 Å². The zero-order valence-corrected chi connectivity index (χ0v) is 16.8. The predicted octanol–water partition coefficient (Wildman–Crippen LogP) is 4.31. The molecule has 1 saturated heterocycles. The predicted molar refractivity (Wildman–Crippen MR) is 112 cm³/mol. The van der Waals surface area contributed by atoms with Crippen LogP contribution in [0.25, 0.3) is 0 Å². The fourth-order valence-corrected chi connectivity index (χ4v) is 3.98. The number of likely N-dealkylation sites (tertiary alicyclic amines) is 1. The molecular formula is C23H30FN3O. The number of hydrogen-bond acceptors (Lipinski definition) is 3. The van der Waals surface area contributed by atoms with Gasteiger partial charge < -0.3 is 5.32 Å². The molecule has 2 aromatic carbocycles. The normalized spacial score (nSPS) is 18.4. The molecule has 2 aromatic rings. The van der Waals surface area contributed by atoms with Crippen LogP contribution in [0.1, 0.15) is 38.3 Å². The molecule has 1 aliphatic rings. The number of carbonyl (C=O) groups is 1. The lowest BCUT2D eigenvalue weighted by Gasteiger charge is -2.29. The van der Waals surface area contributed by atoms with Gasteiger partial charge in [-0.05, 0) is 37.6 Å². The van der Waals surface area contributed by atoms with E-state index in [2.05, 4.69) is 53.2 Å². The summed E-state index contributed by atoms with van der Waals surface area (Å²) in [6, 6.07) is 17.7. The van der Waals surface area contributed by atoms with Crippen LogP contribution in [0.5, 0.6) is 0 Å². The number of carbonyl (C=O) groups excluding carboxylic acids is 1. The minimum Gasteiger partial charge on any atom is -0.324 e. The lowest BCUT2D eigenvalue weighted by molar-refractivity contribution is -0.116. The van der Waals surface area contributed by atoms with Crippen LogP contribution in [-0.2, 0) is 4.79 Å². The van der Waals surface area contributed by atoms with Gasteiger partial charge in [0.05, 0.1) is 5.69 Å². The second kappa shape index (κ2) is 9.80. The highest BCUT2D eigenvalue weighted by Gasteiger charge is 2.30. The zero-order chi connectivity index (χ0) is 19.9. The van der Waals surface area contributed by atoms with E-state index in [9.17, 15) is 9.18 Å². The number of anilines is 1. The molecule has 1 aliphatic heterocycles. The Hall–Kier alpha value is -2.24. The summed E-state index contributed by atoms with van der Waals surface area (Å²) in [6.07, 6.45) is 1.48. The molecule has 0 aromatic heterocycles. The first kappa shape index (κ1) is 20.5. The fourth-order valence-electron chi connectivity index (χ4n) is 3.98. The van der Waals surface area contributed by atoms with E-state index in [0.29, 0.717) is 25.0 Å². The van der Waals surface area contributed by atoms with Crippen molar-refractivity contribution in [1.29, 1.82) is 0 Å². The molecule has 1 heterocycles. The van der Waals surface area contributed by atoms with Crippen molar-refractivity contribution >= 4 is 11.6 Å². The second-order valence-electron chi connectivity index (χ2n) is 7.43. The summed E-state index contributed by atoms with van der Waals surface area (Å²) in [5, 5.41) is 2.68. The Bertz CT molecular complexity index is 767. The molecule has 0 bridgehead atoms. The summed E-state index contributed by atoms with van der Waals surface area (Å²) < 4.78 is 13.7. The Labute approximate surface area is 167 Å². The van der Waals surface area contributed by atoms with Gasteiger partial charge in [-0.2, -0.15) is 0 Å². The highest BCUT2D eigenvalue weighted by atomic mass is 19.1. The van der Waals surface area contributed by atoms with Crippen molar-refractivity contribution in [1.82, 2.24) is 9.80 Å². The fraction of sp³-hybridized carbons (Fsp3) is 0.435. The maximum absolute atomic E-state index is 13.7. The molecule has 0 saturated carbocycles. The van der Waals surface area contributed by atoms with E-state index < -0.39 is 5.82 Å². The van der Waals surface area contributed by atoms with Gasteiger partial charge in [0.1, 0.15) is 5.82 Å². The van der Waals surface area contributed by atoms with E-state index in [1.54, 1.807) is 18.2 Å². The first-order valence-corrected chi connectivity index (χ1v) is 10.2. The van der Waals surface area contributed by atoms with Gasteiger partial charge in [-0.15, -0.1) is 0 Å². The highest BCUT2D eigenvalue weighted by Crippen LogP contribution is 2.26. The van der Waals surface area contributed by atoms with E-state index in [-0.39, 0.29) is 11.6 Å². The summed E-state index contributed by atoms with van der Waals surface area (Å²) >= 11 is 0. The molecule has 4 nitrogen and oxygen atoms in total. The number of halogens is 1. The molecule has 0 radical (unpaired) electrons. The number of benzene rings is 2.